The molecule has 128 valence electrons. The van der Waals surface area contributed by atoms with E-state index in [2.05, 4.69) is 32.3 Å². The van der Waals surface area contributed by atoms with Crippen LogP contribution in [0.5, 0.6) is 0 Å². The lowest BCUT2D eigenvalue weighted by molar-refractivity contribution is 0.773. The summed E-state index contributed by atoms with van der Waals surface area (Å²) in [6, 6.07) is 8.34. The quantitative estimate of drug-likeness (QED) is 0.333. The van der Waals surface area contributed by atoms with Gasteiger partial charge >= 0.3 is 0 Å². The minimum absolute atomic E-state index is 0.846. The molecule has 0 saturated heterocycles. The van der Waals surface area contributed by atoms with Crippen LogP contribution in [-0.4, -0.2) is 29.6 Å². The van der Waals surface area contributed by atoms with Crippen LogP contribution >= 0.6 is 0 Å². The van der Waals surface area contributed by atoms with Crippen LogP contribution < -0.4 is 16.1 Å². The summed E-state index contributed by atoms with van der Waals surface area (Å²) < 4.78 is 4.39. The van der Waals surface area contributed by atoms with Gasteiger partial charge in [-0.2, -0.15) is 0 Å². The van der Waals surface area contributed by atoms with E-state index in [4.69, 9.17) is 11.5 Å². The largest absolute Gasteiger partial charge is 0.359 e. The fraction of sp³-hybridized carbons (Fsp3) is 1.00. The molecule has 0 rings (SSSR count). The number of nitrogens with one attached hydrogen (secondary N) is 1. The van der Waals surface area contributed by atoms with Gasteiger partial charge in [-0.3, -0.25) is 0 Å². The van der Waals surface area contributed by atoms with Crippen LogP contribution in [0, 0.1) is 0 Å². The third-order valence-corrected chi connectivity index (χ3v) is 17.7. The molecular weight excluding hydrogens is 290 g/mol. The molecule has 3 nitrogen and oxygen atoms in total. The van der Waals surface area contributed by atoms with Crippen LogP contribution in [0.2, 0.25) is 36.3 Å². The Morgan fingerprint density at radius 1 is 0.619 bits per heavy atom. The molecule has 0 amide bonds. The molecule has 0 unspecified atom stereocenters. The third-order valence-electron chi connectivity index (χ3n) is 5.46. The number of hydrogen-bond acceptors (Lipinski definition) is 3. The van der Waals surface area contributed by atoms with Gasteiger partial charge in [0.2, 0.25) is 0 Å². The van der Waals surface area contributed by atoms with Crippen LogP contribution in [0.3, 0.4) is 0 Å². The highest BCUT2D eigenvalue weighted by atomic mass is 28.4. The van der Waals surface area contributed by atoms with Crippen molar-refractivity contribution in [2.75, 3.05) is 13.1 Å². The Labute approximate surface area is 135 Å². The van der Waals surface area contributed by atoms with E-state index in [9.17, 15) is 0 Å². The Hall–Kier alpha value is 0.314. The Balaban J connectivity index is 4.85. The Morgan fingerprint density at radius 3 is 1.19 bits per heavy atom. The van der Waals surface area contributed by atoms with E-state index in [1.54, 1.807) is 0 Å². The minimum atomic E-state index is -1.29. The van der Waals surface area contributed by atoms with Crippen molar-refractivity contribution < 1.29 is 0 Å². The monoisotopic (exact) mass is 331 g/mol. The standard InChI is InChI=1S/C16H41N3Si2/c1-5-20(6-2,15-11-9-13-17)19-21(7-3,8-4)16-12-10-14-18/h19H,5-18H2,1-4H3. The van der Waals surface area contributed by atoms with Gasteiger partial charge in [-0.05, 0) is 62.2 Å². The summed E-state index contributed by atoms with van der Waals surface area (Å²) in [5.74, 6) is 0. The normalized spacial score (nSPS) is 12.9. The minimum Gasteiger partial charge on any atom is -0.359 e. The molecular formula is C16H41N3Si2. The second kappa shape index (κ2) is 11.8. The summed E-state index contributed by atoms with van der Waals surface area (Å²) in [6.07, 6.45) is 5.02. The van der Waals surface area contributed by atoms with Gasteiger partial charge in [0.1, 0.15) is 16.5 Å². The maximum absolute atomic E-state index is 5.69. The Kier molecular flexibility index (Phi) is 12.0. The van der Waals surface area contributed by atoms with Gasteiger partial charge in [-0.1, -0.05) is 40.5 Å². The average Bonchev–Trinajstić information content (AvgIpc) is 2.53. The first-order valence-electron chi connectivity index (χ1n) is 9.27. The van der Waals surface area contributed by atoms with Gasteiger partial charge in [-0.25, -0.2) is 0 Å². The molecule has 0 aromatic carbocycles. The average molecular weight is 332 g/mol. The zero-order valence-electron chi connectivity index (χ0n) is 15.1. The van der Waals surface area contributed by atoms with Crippen LogP contribution in [0.4, 0.5) is 0 Å². The van der Waals surface area contributed by atoms with Gasteiger partial charge in [0, 0.05) is 0 Å². The molecule has 0 aromatic rings. The lowest BCUT2D eigenvalue weighted by Crippen LogP contribution is -2.63. The van der Waals surface area contributed by atoms with Crippen LogP contribution in [0.25, 0.3) is 0 Å². The summed E-state index contributed by atoms with van der Waals surface area (Å²) in [6.45, 7) is 11.3. The first-order chi connectivity index (χ1) is 10.1. The van der Waals surface area contributed by atoms with Crippen molar-refractivity contribution in [1.82, 2.24) is 4.65 Å². The highest BCUT2D eigenvalue weighted by Gasteiger charge is 2.38. The lowest BCUT2D eigenvalue weighted by Gasteiger charge is -2.42. The van der Waals surface area contributed by atoms with Crippen molar-refractivity contribution in [3.8, 4) is 0 Å². The lowest BCUT2D eigenvalue weighted by atomic mass is 10.3. The highest BCUT2D eigenvalue weighted by Crippen LogP contribution is 2.28. The van der Waals surface area contributed by atoms with E-state index in [1.165, 1.54) is 61.9 Å². The molecule has 0 aliphatic heterocycles. The van der Waals surface area contributed by atoms with Gasteiger partial charge in [-0.15, -0.1) is 0 Å². The molecule has 21 heavy (non-hydrogen) atoms. The molecule has 0 fully saturated rings. The summed E-state index contributed by atoms with van der Waals surface area (Å²) in [5, 5.41) is 0. The maximum atomic E-state index is 5.69. The first-order valence-corrected chi connectivity index (χ1v) is 14.5. The van der Waals surface area contributed by atoms with E-state index >= 15 is 0 Å². The smallest absolute Gasteiger partial charge is 0.118 e. The fourth-order valence-corrected chi connectivity index (χ4v) is 16.1. The molecule has 5 heteroatoms. The first kappa shape index (κ1) is 21.3. The third kappa shape index (κ3) is 7.41. The molecule has 0 atom stereocenters. The van der Waals surface area contributed by atoms with Crippen molar-refractivity contribution in [3.05, 3.63) is 0 Å². The number of hydrogen-bond donors (Lipinski definition) is 3. The van der Waals surface area contributed by atoms with Gasteiger partial charge in [0.15, 0.2) is 0 Å². The van der Waals surface area contributed by atoms with E-state index in [0.717, 1.165) is 13.1 Å². The van der Waals surface area contributed by atoms with Gasteiger partial charge in [0.05, 0.1) is 0 Å². The summed E-state index contributed by atoms with van der Waals surface area (Å²) in [7, 11) is -2.59. The number of unbranched alkanes of at least 4 members (excludes halogenated alkanes) is 2. The van der Waals surface area contributed by atoms with Crippen LogP contribution in [-0.2, 0) is 0 Å². The van der Waals surface area contributed by atoms with Crippen molar-refractivity contribution in [1.29, 1.82) is 0 Å². The maximum Gasteiger partial charge on any atom is 0.118 e. The molecule has 0 aliphatic carbocycles. The number of nitrogens with two attached hydrogens (primary N) is 2. The molecule has 0 spiro atoms. The zero-order chi connectivity index (χ0) is 16.2. The molecule has 0 saturated carbocycles. The zero-order valence-corrected chi connectivity index (χ0v) is 17.1. The summed E-state index contributed by atoms with van der Waals surface area (Å²) in [4.78, 5) is 0. The van der Waals surface area contributed by atoms with E-state index in [-0.39, 0.29) is 0 Å². The van der Waals surface area contributed by atoms with Crippen molar-refractivity contribution in [2.45, 2.75) is 89.6 Å². The van der Waals surface area contributed by atoms with Crippen LogP contribution in [0.15, 0.2) is 0 Å². The second-order valence-electron chi connectivity index (χ2n) is 6.59. The van der Waals surface area contributed by atoms with Gasteiger partial charge < -0.3 is 16.1 Å². The summed E-state index contributed by atoms with van der Waals surface area (Å²) >= 11 is 0. The number of rotatable bonds is 14. The van der Waals surface area contributed by atoms with E-state index in [0.29, 0.717) is 0 Å². The summed E-state index contributed by atoms with van der Waals surface area (Å²) in [5.41, 5.74) is 11.4. The van der Waals surface area contributed by atoms with E-state index < -0.39 is 16.5 Å². The van der Waals surface area contributed by atoms with Crippen molar-refractivity contribution in [3.63, 3.8) is 0 Å². The van der Waals surface area contributed by atoms with Gasteiger partial charge in [0.25, 0.3) is 0 Å². The predicted molar refractivity (Wildman–Crippen MR) is 103 cm³/mol. The molecule has 0 bridgehead atoms. The molecule has 0 radical (unpaired) electrons. The van der Waals surface area contributed by atoms with Crippen LogP contribution in [0.1, 0.15) is 53.4 Å². The highest BCUT2D eigenvalue weighted by molar-refractivity contribution is 6.93. The predicted octanol–water partition coefficient (Wildman–Crippen LogP) is 4.02. The molecule has 0 heterocycles. The van der Waals surface area contributed by atoms with E-state index in [1.807, 2.05) is 0 Å². The molecule has 5 N–H and O–H groups in total. The topological polar surface area (TPSA) is 64.1 Å². The van der Waals surface area contributed by atoms with Crippen molar-refractivity contribution in [2.24, 2.45) is 11.5 Å². The molecule has 0 aliphatic rings. The van der Waals surface area contributed by atoms with Crippen molar-refractivity contribution >= 4 is 16.5 Å². The fourth-order valence-electron chi connectivity index (χ4n) is 3.46. The second-order valence-corrected chi connectivity index (χ2v) is 16.5. The Bertz CT molecular complexity index is 218. The SMILES string of the molecule is CC[Si](CC)(CCCCN)N[Si](CC)(CC)CCCCN. The molecule has 0 aromatic heterocycles. The Morgan fingerprint density at radius 2 is 0.952 bits per heavy atom.